The molecule has 0 rings (SSSR count). The average molecular weight is 721 g/mol. The lowest BCUT2D eigenvalue weighted by Crippen LogP contribution is -2.21. The Hall–Kier alpha value is -1.06. The molecule has 0 spiro atoms. The third-order valence-corrected chi connectivity index (χ3v) is 10.7. The molecule has 0 heterocycles. The van der Waals surface area contributed by atoms with Crippen LogP contribution in [0.3, 0.4) is 0 Å². The number of hydrogen-bond acceptors (Lipinski definition) is 2. The molecule has 4 nitrogen and oxygen atoms in total. The van der Waals surface area contributed by atoms with Crippen molar-refractivity contribution in [1.29, 1.82) is 0 Å². The summed E-state index contributed by atoms with van der Waals surface area (Å²) in [5.74, 6) is 0.409. The summed E-state index contributed by atoms with van der Waals surface area (Å²) in [5, 5.41) is 5.55. The second-order valence-corrected chi connectivity index (χ2v) is 15.9. The minimum Gasteiger partial charge on any atom is -0.359 e. The fourth-order valence-electron chi connectivity index (χ4n) is 7.14. The predicted molar refractivity (Wildman–Crippen MR) is 229 cm³/mol. The zero-order valence-corrected chi connectivity index (χ0v) is 35.8. The Bertz CT molecular complexity index is 652. The lowest BCUT2D eigenvalue weighted by Gasteiger charge is -2.04. The largest absolute Gasteiger partial charge is 0.359 e. The molecule has 2 amide bonds. The van der Waals surface area contributed by atoms with Gasteiger partial charge in [-0.3, -0.25) is 9.59 Å². The molecule has 0 aromatic rings. The SMILES string of the molecule is CCCCCCCCCCCCCCCCCCCCCC(=O)NC.CCCCCCCCCCCCCCCCCCCCCC(=O)NCC. The number of carbonyl (C=O) groups excluding carboxylic acids is 2. The minimum atomic E-state index is 0.187. The molecule has 0 fully saturated rings. The van der Waals surface area contributed by atoms with Crippen LogP contribution in [0, 0.1) is 0 Å². The van der Waals surface area contributed by atoms with E-state index in [1.807, 2.05) is 6.92 Å². The van der Waals surface area contributed by atoms with E-state index in [9.17, 15) is 9.59 Å². The van der Waals surface area contributed by atoms with Crippen molar-refractivity contribution in [1.82, 2.24) is 10.6 Å². The number of rotatable bonds is 41. The molecule has 0 saturated heterocycles. The molecule has 0 unspecified atom stereocenters. The topological polar surface area (TPSA) is 58.2 Å². The van der Waals surface area contributed by atoms with Gasteiger partial charge in [0, 0.05) is 26.4 Å². The highest BCUT2D eigenvalue weighted by atomic mass is 16.2. The van der Waals surface area contributed by atoms with Gasteiger partial charge >= 0.3 is 0 Å². The number of unbranched alkanes of at least 4 members (excludes halogenated alkanes) is 36. The fourth-order valence-corrected chi connectivity index (χ4v) is 7.14. The number of nitrogens with one attached hydrogen (secondary N) is 2. The van der Waals surface area contributed by atoms with Gasteiger partial charge in [0.15, 0.2) is 0 Å². The lowest BCUT2D eigenvalue weighted by molar-refractivity contribution is -0.121. The molecule has 0 aliphatic rings. The first-order valence-corrected chi connectivity index (χ1v) is 23.6. The van der Waals surface area contributed by atoms with Crippen LogP contribution in [0.4, 0.5) is 0 Å². The minimum absolute atomic E-state index is 0.187. The van der Waals surface area contributed by atoms with Gasteiger partial charge in [0.2, 0.25) is 11.8 Å². The molecule has 2 N–H and O–H groups in total. The molecule has 0 aromatic heterocycles. The molecule has 0 atom stereocenters. The van der Waals surface area contributed by atoms with Crippen molar-refractivity contribution in [2.75, 3.05) is 13.6 Å². The van der Waals surface area contributed by atoms with Crippen LogP contribution in [0.1, 0.15) is 278 Å². The smallest absolute Gasteiger partial charge is 0.219 e. The molecule has 306 valence electrons. The second-order valence-electron chi connectivity index (χ2n) is 15.9. The van der Waals surface area contributed by atoms with Gasteiger partial charge in [0.25, 0.3) is 0 Å². The first kappa shape index (κ1) is 52.0. The third kappa shape index (κ3) is 51.1. The van der Waals surface area contributed by atoms with Crippen LogP contribution in [0.25, 0.3) is 0 Å². The lowest BCUT2D eigenvalue weighted by atomic mass is 10.0. The molecule has 4 heteroatoms. The van der Waals surface area contributed by atoms with Crippen molar-refractivity contribution in [3.63, 3.8) is 0 Å². The van der Waals surface area contributed by atoms with Crippen LogP contribution in [-0.4, -0.2) is 25.4 Å². The van der Waals surface area contributed by atoms with Crippen LogP contribution in [-0.2, 0) is 9.59 Å². The van der Waals surface area contributed by atoms with Gasteiger partial charge in [0.05, 0.1) is 0 Å². The predicted octanol–water partition coefficient (Wildman–Crippen LogP) is 15.5. The summed E-state index contributed by atoms with van der Waals surface area (Å²) in [6, 6.07) is 0. The summed E-state index contributed by atoms with van der Waals surface area (Å²) in [5.41, 5.74) is 0. The van der Waals surface area contributed by atoms with E-state index in [0.717, 1.165) is 19.4 Å². The Labute approximate surface area is 322 Å². The standard InChI is InChI=1S/C24H49NO.C23H47NO/c1-3-5-6-7-8-9-10-11-12-13-14-15-16-17-18-19-20-21-22-23-24(26)25-4-2;1-3-4-5-6-7-8-9-10-11-12-13-14-15-16-17-18-19-20-21-22-23(25)24-2/h3-23H2,1-2H3,(H,25,26);3-22H2,1-2H3,(H,24,25). The first-order valence-electron chi connectivity index (χ1n) is 23.6. The Kier molecular flexibility index (Phi) is 49.9. The summed E-state index contributed by atoms with van der Waals surface area (Å²) in [4.78, 5) is 22.4. The zero-order valence-electron chi connectivity index (χ0n) is 35.8. The fraction of sp³-hybridized carbons (Fsp3) is 0.957. The van der Waals surface area contributed by atoms with Gasteiger partial charge in [-0.1, -0.05) is 245 Å². The van der Waals surface area contributed by atoms with Crippen molar-refractivity contribution in [3.05, 3.63) is 0 Å². The normalized spacial score (nSPS) is 11.0. The maximum Gasteiger partial charge on any atom is 0.219 e. The van der Waals surface area contributed by atoms with Gasteiger partial charge in [0.1, 0.15) is 0 Å². The van der Waals surface area contributed by atoms with E-state index in [4.69, 9.17) is 0 Å². The quantitative estimate of drug-likeness (QED) is 0.0618. The van der Waals surface area contributed by atoms with Crippen molar-refractivity contribution in [3.8, 4) is 0 Å². The van der Waals surface area contributed by atoms with Crippen LogP contribution >= 0.6 is 0 Å². The van der Waals surface area contributed by atoms with E-state index in [0.29, 0.717) is 12.8 Å². The van der Waals surface area contributed by atoms with E-state index in [1.54, 1.807) is 7.05 Å². The first-order chi connectivity index (χ1) is 25.1. The van der Waals surface area contributed by atoms with Crippen LogP contribution < -0.4 is 10.6 Å². The van der Waals surface area contributed by atoms with Crippen molar-refractivity contribution in [2.24, 2.45) is 0 Å². The average Bonchev–Trinajstić information content (AvgIpc) is 3.13. The molecular formula is C47H96N2O2. The van der Waals surface area contributed by atoms with E-state index in [2.05, 4.69) is 24.5 Å². The second kappa shape index (κ2) is 48.9. The summed E-state index contributed by atoms with van der Waals surface area (Å²) < 4.78 is 0. The summed E-state index contributed by atoms with van der Waals surface area (Å²) >= 11 is 0. The Morgan fingerprint density at radius 2 is 0.490 bits per heavy atom. The van der Waals surface area contributed by atoms with Crippen LogP contribution in [0.5, 0.6) is 0 Å². The molecule has 0 bridgehead atoms. The number of hydrogen-bond donors (Lipinski definition) is 2. The van der Waals surface area contributed by atoms with Gasteiger partial charge in [-0.05, 0) is 19.8 Å². The summed E-state index contributed by atoms with van der Waals surface area (Å²) in [6.07, 6.45) is 54.4. The van der Waals surface area contributed by atoms with E-state index >= 15 is 0 Å². The zero-order chi connectivity index (χ0) is 37.6. The highest BCUT2D eigenvalue weighted by Crippen LogP contribution is 2.16. The maximum absolute atomic E-state index is 11.3. The van der Waals surface area contributed by atoms with E-state index in [-0.39, 0.29) is 11.8 Å². The molecule has 0 saturated carbocycles. The van der Waals surface area contributed by atoms with Crippen LogP contribution in [0.15, 0.2) is 0 Å². The van der Waals surface area contributed by atoms with Gasteiger partial charge in [-0.2, -0.15) is 0 Å². The molecule has 51 heavy (non-hydrogen) atoms. The molecule has 0 aromatic carbocycles. The van der Waals surface area contributed by atoms with Gasteiger partial charge in [-0.25, -0.2) is 0 Å². The Morgan fingerprint density at radius 3 is 0.686 bits per heavy atom. The molecular weight excluding hydrogens is 625 g/mol. The molecule has 0 radical (unpaired) electrons. The van der Waals surface area contributed by atoms with Crippen molar-refractivity contribution in [2.45, 2.75) is 278 Å². The van der Waals surface area contributed by atoms with Crippen LogP contribution in [0.2, 0.25) is 0 Å². The number of carbonyl (C=O) groups is 2. The highest BCUT2D eigenvalue weighted by molar-refractivity contribution is 5.75. The van der Waals surface area contributed by atoms with E-state index < -0.39 is 0 Å². The summed E-state index contributed by atoms with van der Waals surface area (Å²) in [6.45, 7) is 7.32. The van der Waals surface area contributed by atoms with Crippen molar-refractivity contribution >= 4 is 11.8 Å². The van der Waals surface area contributed by atoms with Gasteiger partial charge < -0.3 is 10.6 Å². The Morgan fingerprint density at radius 1 is 0.294 bits per heavy atom. The maximum atomic E-state index is 11.3. The Balaban J connectivity index is 0. The highest BCUT2D eigenvalue weighted by Gasteiger charge is 2.00. The van der Waals surface area contributed by atoms with Gasteiger partial charge in [-0.15, -0.1) is 0 Å². The molecule has 0 aliphatic carbocycles. The monoisotopic (exact) mass is 721 g/mol. The van der Waals surface area contributed by atoms with E-state index in [1.165, 1.54) is 231 Å². The summed E-state index contributed by atoms with van der Waals surface area (Å²) in [7, 11) is 1.72. The molecule has 0 aliphatic heterocycles. The van der Waals surface area contributed by atoms with Crippen molar-refractivity contribution < 1.29 is 9.59 Å². The third-order valence-electron chi connectivity index (χ3n) is 10.7. The number of amides is 2.